The van der Waals surface area contributed by atoms with Gasteiger partial charge < -0.3 is 5.32 Å². The average molecular weight is 261 g/mol. The smallest absolute Gasteiger partial charge is 0.0957 e. The second kappa shape index (κ2) is 5.16. The summed E-state index contributed by atoms with van der Waals surface area (Å²) in [6.45, 7) is 6.67. The quantitative estimate of drug-likeness (QED) is 0.922. The molecule has 0 aliphatic heterocycles. The Balaban J connectivity index is 2.28. The van der Waals surface area contributed by atoms with Gasteiger partial charge in [-0.15, -0.1) is 0 Å². The molecule has 1 N–H and O–H groups in total. The summed E-state index contributed by atoms with van der Waals surface area (Å²) in [6.07, 6.45) is 1.82. The molecule has 0 aliphatic carbocycles. The van der Waals surface area contributed by atoms with Gasteiger partial charge in [0.15, 0.2) is 0 Å². The van der Waals surface area contributed by atoms with E-state index in [9.17, 15) is 0 Å². The van der Waals surface area contributed by atoms with Crippen molar-refractivity contribution in [3.05, 3.63) is 47.3 Å². The predicted octanol–water partition coefficient (Wildman–Crippen LogP) is 3.14. The number of benzene rings is 1. The molecule has 2 rings (SSSR count). The van der Waals surface area contributed by atoms with Crippen LogP contribution in [0.5, 0.6) is 0 Å². The van der Waals surface area contributed by atoms with Gasteiger partial charge in [-0.3, -0.25) is 0 Å². The number of nitrogens with one attached hydrogen (secondary N) is 1. The number of rotatable bonds is 3. The third-order valence-corrected chi connectivity index (χ3v) is 3.56. The average Bonchev–Trinajstić information content (AvgIpc) is 2.83. The zero-order valence-corrected chi connectivity index (χ0v) is 12.1. The van der Waals surface area contributed by atoms with E-state index in [-0.39, 0.29) is 11.5 Å². The van der Waals surface area contributed by atoms with Gasteiger partial charge in [0, 0.05) is 0 Å². The van der Waals surface area contributed by atoms with Crippen LogP contribution in [-0.2, 0) is 5.41 Å². The highest BCUT2D eigenvalue weighted by Gasteiger charge is 2.17. The molecular formula is C14H19N3S. The van der Waals surface area contributed by atoms with Gasteiger partial charge in [0.05, 0.1) is 29.7 Å². The van der Waals surface area contributed by atoms with Gasteiger partial charge in [-0.25, -0.2) is 0 Å². The largest absolute Gasteiger partial charge is 0.308 e. The molecular weight excluding hydrogens is 242 g/mol. The van der Waals surface area contributed by atoms with Gasteiger partial charge >= 0.3 is 0 Å². The van der Waals surface area contributed by atoms with Crippen molar-refractivity contribution in [1.82, 2.24) is 14.1 Å². The minimum atomic E-state index is 0.123. The van der Waals surface area contributed by atoms with Gasteiger partial charge in [0.1, 0.15) is 0 Å². The Hall–Kier alpha value is -1.26. The van der Waals surface area contributed by atoms with Crippen molar-refractivity contribution >= 4 is 11.7 Å². The molecule has 4 heteroatoms. The molecule has 1 unspecified atom stereocenters. The summed E-state index contributed by atoms with van der Waals surface area (Å²) in [4.78, 5) is 0. The fourth-order valence-corrected chi connectivity index (χ4v) is 2.41. The molecule has 0 amide bonds. The molecule has 0 fully saturated rings. The molecule has 0 bridgehead atoms. The molecule has 18 heavy (non-hydrogen) atoms. The summed E-state index contributed by atoms with van der Waals surface area (Å²) in [5, 5.41) is 3.28. The first-order chi connectivity index (χ1) is 8.52. The first kappa shape index (κ1) is 13.2. The molecule has 0 radical (unpaired) electrons. The van der Waals surface area contributed by atoms with Crippen molar-refractivity contribution in [2.45, 2.75) is 32.2 Å². The highest BCUT2D eigenvalue weighted by Crippen LogP contribution is 2.25. The number of nitrogens with zero attached hydrogens (tertiary/aromatic N) is 2. The first-order valence-corrected chi connectivity index (χ1v) is 6.80. The van der Waals surface area contributed by atoms with Crippen molar-refractivity contribution in [3.63, 3.8) is 0 Å². The van der Waals surface area contributed by atoms with Crippen LogP contribution in [0.2, 0.25) is 0 Å². The van der Waals surface area contributed by atoms with Crippen LogP contribution in [0.15, 0.2) is 30.5 Å². The van der Waals surface area contributed by atoms with Crippen molar-refractivity contribution < 1.29 is 0 Å². The highest BCUT2D eigenvalue weighted by atomic mass is 32.1. The normalized spacial score (nSPS) is 13.6. The number of hydrogen-bond acceptors (Lipinski definition) is 4. The topological polar surface area (TPSA) is 37.8 Å². The summed E-state index contributed by atoms with van der Waals surface area (Å²) >= 11 is 1.25. The van der Waals surface area contributed by atoms with Crippen molar-refractivity contribution in [2.24, 2.45) is 0 Å². The number of aromatic nitrogens is 2. The second-order valence-corrected chi connectivity index (χ2v) is 5.98. The maximum absolute atomic E-state index is 4.30. The summed E-state index contributed by atoms with van der Waals surface area (Å²) in [5.41, 5.74) is 3.73. The fourth-order valence-electron chi connectivity index (χ4n) is 1.96. The summed E-state index contributed by atoms with van der Waals surface area (Å²) < 4.78 is 8.37. The molecule has 1 atom stereocenters. The summed E-state index contributed by atoms with van der Waals surface area (Å²) in [5.74, 6) is 0. The van der Waals surface area contributed by atoms with Crippen LogP contribution in [0.4, 0.5) is 0 Å². The van der Waals surface area contributed by atoms with Gasteiger partial charge in [0.25, 0.3) is 0 Å². The molecule has 0 saturated carbocycles. The lowest BCUT2D eigenvalue weighted by Gasteiger charge is -2.20. The van der Waals surface area contributed by atoms with E-state index in [0.29, 0.717) is 0 Å². The second-order valence-electron chi connectivity index (χ2n) is 5.43. The third kappa shape index (κ3) is 2.76. The third-order valence-electron chi connectivity index (χ3n) is 3.07. The van der Waals surface area contributed by atoms with E-state index in [0.717, 1.165) is 5.69 Å². The van der Waals surface area contributed by atoms with E-state index in [1.807, 2.05) is 13.2 Å². The van der Waals surface area contributed by atoms with Crippen LogP contribution in [0.25, 0.3) is 0 Å². The molecule has 96 valence electrons. The van der Waals surface area contributed by atoms with Crippen LogP contribution < -0.4 is 5.32 Å². The zero-order chi connectivity index (χ0) is 13.2. The zero-order valence-electron chi connectivity index (χ0n) is 11.3. The van der Waals surface area contributed by atoms with E-state index >= 15 is 0 Å². The minimum Gasteiger partial charge on any atom is -0.308 e. The van der Waals surface area contributed by atoms with E-state index in [1.54, 1.807) is 0 Å². The predicted molar refractivity (Wildman–Crippen MR) is 76.0 cm³/mol. The van der Waals surface area contributed by atoms with Crippen LogP contribution in [-0.4, -0.2) is 15.8 Å². The minimum absolute atomic E-state index is 0.123. The van der Waals surface area contributed by atoms with E-state index in [4.69, 9.17) is 0 Å². The lowest BCUT2D eigenvalue weighted by Crippen LogP contribution is -2.18. The maximum Gasteiger partial charge on any atom is 0.0957 e. The van der Waals surface area contributed by atoms with Crippen molar-refractivity contribution in [2.75, 3.05) is 7.05 Å². The van der Waals surface area contributed by atoms with Crippen LogP contribution in [0, 0.1) is 0 Å². The van der Waals surface area contributed by atoms with Crippen LogP contribution in [0.1, 0.15) is 43.6 Å². The first-order valence-electron chi connectivity index (χ1n) is 6.07. The summed E-state index contributed by atoms with van der Waals surface area (Å²) in [7, 11) is 1.95. The Morgan fingerprint density at radius 2 is 1.83 bits per heavy atom. The molecule has 1 aromatic heterocycles. The Kier molecular flexibility index (Phi) is 3.78. The van der Waals surface area contributed by atoms with E-state index in [2.05, 4.69) is 59.1 Å². The lowest BCUT2D eigenvalue weighted by atomic mass is 9.86. The van der Waals surface area contributed by atoms with Crippen LogP contribution >= 0.6 is 11.7 Å². The van der Waals surface area contributed by atoms with Gasteiger partial charge in [-0.1, -0.05) is 45.0 Å². The van der Waals surface area contributed by atoms with Crippen molar-refractivity contribution in [3.8, 4) is 0 Å². The fraction of sp³-hybridized carbons (Fsp3) is 0.429. The molecule has 2 aromatic rings. The molecule has 3 nitrogen and oxygen atoms in total. The molecule has 1 heterocycles. The SMILES string of the molecule is CNC(c1ccc(C(C)(C)C)cc1)c1cnsn1. The Morgan fingerprint density at radius 1 is 1.17 bits per heavy atom. The Morgan fingerprint density at radius 3 is 2.28 bits per heavy atom. The highest BCUT2D eigenvalue weighted by molar-refractivity contribution is 6.99. The number of hydrogen-bond donors (Lipinski definition) is 1. The lowest BCUT2D eigenvalue weighted by molar-refractivity contribution is 0.589. The van der Waals surface area contributed by atoms with E-state index < -0.39 is 0 Å². The molecule has 0 aliphatic rings. The standard InChI is InChI=1S/C14H19N3S/c1-14(2,3)11-7-5-10(6-8-11)13(15-4)12-9-16-18-17-12/h5-9,13,15H,1-4H3. The van der Waals surface area contributed by atoms with Gasteiger partial charge in [0.2, 0.25) is 0 Å². The monoisotopic (exact) mass is 261 g/mol. The van der Waals surface area contributed by atoms with Gasteiger partial charge in [-0.05, 0) is 23.6 Å². The Bertz CT molecular complexity index is 483. The van der Waals surface area contributed by atoms with Crippen molar-refractivity contribution in [1.29, 1.82) is 0 Å². The maximum atomic E-state index is 4.30. The Labute approximate surface area is 113 Å². The summed E-state index contributed by atoms with van der Waals surface area (Å²) in [6, 6.07) is 8.85. The van der Waals surface area contributed by atoms with Crippen LogP contribution in [0.3, 0.4) is 0 Å². The van der Waals surface area contributed by atoms with E-state index in [1.165, 1.54) is 22.9 Å². The van der Waals surface area contributed by atoms with Gasteiger partial charge in [-0.2, -0.15) is 8.75 Å². The molecule has 0 spiro atoms. The molecule has 1 aromatic carbocycles. The molecule has 0 saturated heterocycles.